The lowest BCUT2D eigenvalue weighted by Gasteiger charge is -2.09. The van der Waals surface area contributed by atoms with Crippen molar-refractivity contribution in [3.63, 3.8) is 0 Å². The predicted octanol–water partition coefficient (Wildman–Crippen LogP) is 0.467. The maximum atomic E-state index is 3.62. The van der Waals surface area contributed by atoms with Crippen molar-refractivity contribution in [1.29, 1.82) is 0 Å². The van der Waals surface area contributed by atoms with Gasteiger partial charge in [0.15, 0.2) is 12.6 Å². The Balaban J connectivity index is 0.00000144. The van der Waals surface area contributed by atoms with Crippen LogP contribution in [0.1, 0.15) is 25.8 Å². The Kier molecular flexibility index (Phi) is 5.39. The van der Waals surface area contributed by atoms with Gasteiger partial charge in [-0.25, -0.2) is 4.58 Å². The molecule has 0 fully saturated rings. The Morgan fingerprint density at radius 2 is 1.94 bits per heavy atom. The van der Waals surface area contributed by atoms with E-state index < -0.39 is 0 Å². The van der Waals surface area contributed by atoms with Crippen molar-refractivity contribution >= 4 is 22.1 Å². The van der Waals surface area contributed by atoms with Gasteiger partial charge in [-0.1, -0.05) is 60.1 Å². The van der Waals surface area contributed by atoms with E-state index in [9.17, 15) is 0 Å². The number of halogens is 2. The minimum Gasteiger partial charge on any atom is -1.00 e. The van der Waals surface area contributed by atoms with Gasteiger partial charge in [-0.15, -0.1) is 0 Å². The first-order chi connectivity index (χ1) is 7.61. The molecular weight excluding hydrogens is 342 g/mol. The Bertz CT molecular complexity index is 384. The van der Waals surface area contributed by atoms with Crippen LogP contribution < -0.4 is 17.0 Å². The second-order valence-corrected chi connectivity index (χ2v) is 5.94. The topological polar surface area (TPSA) is 3.01 Å². The van der Waals surface area contributed by atoms with E-state index in [2.05, 4.69) is 70.9 Å². The van der Waals surface area contributed by atoms with Crippen molar-refractivity contribution in [1.82, 2.24) is 0 Å². The first-order valence-electron chi connectivity index (χ1n) is 5.82. The fraction of sp³-hybridized carbons (Fsp3) is 0.500. The standard InChI is InChI=1S/C14H19BrN.BrH/c1-14(2)8-13(9-15)16(11-14)10-12-6-4-3-5-7-12;/h3-7,11,13H,8-10H2,1-2H3;1H/q+1;/p-1. The molecule has 0 saturated carbocycles. The van der Waals surface area contributed by atoms with Crippen LogP contribution in [-0.2, 0) is 6.54 Å². The first-order valence-corrected chi connectivity index (χ1v) is 6.94. The average Bonchev–Trinajstić information content (AvgIpc) is 2.54. The van der Waals surface area contributed by atoms with Gasteiger partial charge < -0.3 is 17.0 Å². The molecule has 2 rings (SSSR count). The van der Waals surface area contributed by atoms with E-state index in [-0.39, 0.29) is 17.0 Å². The van der Waals surface area contributed by atoms with Crippen molar-refractivity contribution < 1.29 is 21.6 Å². The van der Waals surface area contributed by atoms with Gasteiger partial charge in [-0.05, 0) is 0 Å². The monoisotopic (exact) mass is 359 g/mol. The van der Waals surface area contributed by atoms with Crippen LogP contribution in [0, 0.1) is 5.41 Å². The number of hydrogen-bond donors (Lipinski definition) is 0. The van der Waals surface area contributed by atoms with E-state index in [1.807, 2.05) is 0 Å². The third-order valence-corrected chi connectivity index (χ3v) is 3.88. The summed E-state index contributed by atoms with van der Waals surface area (Å²) in [5.41, 5.74) is 1.73. The molecule has 0 amide bonds. The first kappa shape index (κ1) is 14.9. The van der Waals surface area contributed by atoms with Crippen LogP contribution in [0.2, 0.25) is 0 Å². The van der Waals surface area contributed by atoms with Crippen LogP contribution in [0.4, 0.5) is 0 Å². The van der Waals surface area contributed by atoms with E-state index in [1.54, 1.807) is 0 Å². The summed E-state index contributed by atoms with van der Waals surface area (Å²) in [5.74, 6) is 0. The molecule has 0 aliphatic carbocycles. The van der Waals surface area contributed by atoms with Crippen LogP contribution in [0.25, 0.3) is 0 Å². The molecule has 1 aromatic rings. The summed E-state index contributed by atoms with van der Waals surface area (Å²) in [6.07, 6.45) is 3.64. The normalized spacial score (nSPS) is 21.8. The molecule has 1 atom stereocenters. The molecule has 1 aliphatic heterocycles. The Labute approximate surface area is 123 Å². The third-order valence-electron chi connectivity index (χ3n) is 3.13. The van der Waals surface area contributed by atoms with Gasteiger partial charge >= 0.3 is 0 Å². The summed E-state index contributed by atoms with van der Waals surface area (Å²) in [6.45, 7) is 5.65. The lowest BCUT2D eigenvalue weighted by Crippen LogP contribution is -3.00. The van der Waals surface area contributed by atoms with E-state index in [0.717, 1.165) is 11.9 Å². The molecule has 0 N–H and O–H groups in total. The Hall–Kier alpha value is -0.150. The fourth-order valence-electron chi connectivity index (χ4n) is 2.44. The van der Waals surface area contributed by atoms with Gasteiger partial charge in [0, 0.05) is 17.4 Å². The highest BCUT2D eigenvalue weighted by Crippen LogP contribution is 2.28. The summed E-state index contributed by atoms with van der Waals surface area (Å²) >= 11 is 3.62. The molecule has 0 saturated heterocycles. The van der Waals surface area contributed by atoms with Crippen molar-refractivity contribution in [3.05, 3.63) is 35.9 Å². The Morgan fingerprint density at radius 1 is 1.29 bits per heavy atom. The molecule has 1 nitrogen and oxygen atoms in total. The highest BCUT2D eigenvalue weighted by Gasteiger charge is 2.37. The molecule has 0 spiro atoms. The molecular formula is C14H19Br2N. The second-order valence-electron chi connectivity index (χ2n) is 5.29. The number of rotatable bonds is 3. The molecule has 0 radical (unpaired) electrons. The molecule has 0 bridgehead atoms. The highest BCUT2D eigenvalue weighted by molar-refractivity contribution is 9.09. The molecule has 3 heteroatoms. The maximum absolute atomic E-state index is 3.62. The van der Waals surface area contributed by atoms with E-state index in [0.29, 0.717) is 11.5 Å². The molecule has 1 heterocycles. The zero-order valence-electron chi connectivity index (χ0n) is 10.4. The van der Waals surface area contributed by atoms with Crippen LogP contribution in [0.15, 0.2) is 30.3 Å². The third kappa shape index (κ3) is 3.92. The van der Waals surface area contributed by atoms with E-state index >= 15 is 0 Å². The zero-order chi connectivity index (χ0) is 11.6. The smallest absolute Gasteiger partial charge is 0.168 e. The van der Waals surface area contributed by atoms with Crippen LogP contribution in [-0.4, -0.2) is 22.2 Å². The molecule has 0 aromatic heterocycles. The van der Waals surface area contributed by atoms with Gasteiger partial charge in [0.25, 0.3) is 0 Å². The SMILES string of the molecule is CC1(C)C=[N+](Cc2ccccc2)C(CBr)C1.[Br-]. The van der Waals surface area contributed by atoms with Crippen molar-refractivity contribution in [2.75, 3.05) is 5.33 Å². The van der Waals surface area contributed by atoms with Gasteiger partial charge in [0.05, 0.1) is 5.33 Å². The largest absolute Gasteiger partial charge is 1.00 e. The van der Waals surface area contributed by atoms with Gasteiger partial charge in [-0.2, -0.15) is 0 Å². The van der Waals surface area contributed by atoms with Gasteiger partial charge in [0.2, 0.25) is 0 Å². The quantitative estimate of drug-likeness (QED) is 0.544. The fourth-order valence-corrected chi connectivity index (χ4v) is 3.04. The zero-order valence-corrected chi connectivity index (χ0v) is 13.5. The number of hydrogen-bond acceptors (Lipinski definition) is 0. The second kappa shape index (κ2) is 6.14. The summed E-state index contributed by atoms with van der Waals surface area (Å²) < 4.78 is 2.48. The van der Waals surface area contributed by atoms with Crippen molar-refractivity contribution in [2.45, 2.75) is 32.9 Å². The van der Waals surface area contributed by atoms with E-state index in [4.69, 9.17) is 0 Å². The maximum Gasteiger partial charge on any atom is 0.168 e. The molecule has 94 valence electrons. The molecule has 1 unspecified atom stereocenters. The number of alkyl halides is 1. The summed E-state index contributed by atoms with van der Waals surface area (Å²) in [4.78, 5) is 0. The molecule has 1 aliphatic rings. The van der Waals surface area contributed by atoms with Crippen LogP contribution in [0.5, 0.6) is 0 Å². The minimum atomic E-state index is 0. The lowest BCUT2D eigenvalue weighted by atomic mass is 9.91. The summed E-state index contributed by atoms with van der Waals surface area (Å²) in [5, 5.41) is 1.06. The summed E-state index contributed by atoms with van der Waals surface area (Å²) in [6, 6.07) is 11.3. The van der Waals surface area contributed by atoms with E-state index in [1.165, 1.54) is 12.0 Å². The number of nitrogens with zero attached hydrogens (tertiary/aromatic N) is 1. The van der Waals surface area contributed by atoms with Crippen LogP contribution in [0.3, 0.4) is 0 Å². The van der Waals surface area contributed by atoms with Gasteiger partial charge in [0.1, 0.15) is 6.21 Å². The minimum absolute atomic E-state index is 0. The lowest BCUT2D eigenvalue weighted by molar-refractivity contribution is -0.564. The molecule has 17 heavy (non-hydrogen) atoms. The Morgan fingerprint density at radius 3 is 2.53 bits per heavy atom. The van der Waals surface area contributed by atoms with Crippen molar-refractivity contribution in [3.8, 4) is 0 Å². The van der Waals surface area contributed by atoms with Crippen LogP contribution >= 0.6 is 15.9 Å². The van der Waals surface area contributed by atoms with Gasteiger partial charge in [-0.3, -0.25) is 0 Å². The molecule has 1 aromatic carbocycles. The predicted molar refractivity (Wildman–Crippen MR) is 72.5 cm³/mol. The number of benzene rings is 1. The summed E-state index contributed by atoms with van der Waals surface area (Å²) in [7, 11) is 0. The highest BCUT2D eigenvalue weighted by atomic mass is 79.9. The van der Waals surface area contributed by atoms with Crippen molar-refractivity contribution in [2.24, 2.45) is 5.41 Å². The average molecular weight is 361 g/mol.